The van der Waals surface area contributed by atoms with E-state index in [4.69, 9.17) is 0 Å². The van der Waals surface area contributed by atoms with Crippen molar-refractivity contribution in [1.29, 1.82) is 0 Å². The maximum absolute atomic E-state index is 13.5. The van der Waals surface area contributed by atoms with Crippen LogP contribution in [0.4, 0.5) is 4.39 Å². The van der Waals surface area contributed by atoms with Crippen LogP contribution in [0.25, 0.3) is 0 Å². The smallest absolute Gasteiger partial charge is 0.191 e. The summed E-state index contributed by atoms with van der Waals surface area (Å²) in [5.74, 6) is 0.459. The molecular weight excluding hydrogens is 518 g/mol. The van der Waals surface area contributed by atoms with E-state index in [1.807, 2.05) is 19.9 Å². The Morgan fingerprint density at radius 2 is 2.08 bits per heavy atom. The van der Waals surface area contributed by atoms with Crippen LogP contribution in [0.15, 0.2) is 27.7 Å². The van der Waals surface area contributed by atoms with Crippen LogP contribution >= 0.6 is 51.2 Å². The Hall–Kier alpha value is -0.740. The molecule has 0 aliphatic rings. The van der Waals surface area contributed by atoms with E-state index in [1.165, 1.54) is 10.9 Å². The van der Waals surface area contributed by atoms with E-state index >= 15 is 0 Å². The Morgan fingerprint density at radius 1 is 1.32 bits per heavy atom. The van der Waals surface area contributed by atoms with Crippen LogP contribution in [0, 0.1) is 19.7 Å². The third-order valence-electron chi connectivity index (χ3n) is 3.45. The predicted octanol–water partition coefficient (Wildman–Crippen LogP) is 4.58. The Kier molecular flexibility index (Phi) is 9.88. The lowest BCUT2D eigenvalue weighted by Crippen LogP contribution is -2.38. The number of hydrogen-bond acceptors (Lipinski definition) is 3. The van der Waals surface area contributed by atoms with E-state index < -0.39 is 0 Å². The quantitative estimate of drug-likeness (QED) is 0.320. The minimum absolute atomic E-state index is 0. The molecule has 2 aromatic rings. The van der Waals surface area contributed by atoms with Crippen LogP contribution in [0.3, 0.4) is 0 Å². The number of hydrogen-bond donors (Lipinski definition) is 2. The van der Waals surface area contributed by atoms with Gasteiger partial charge in [0.2, 0.25) is 0 Å². The molecular formula is C17H23BrFIN4S. The van der Waals surface area contributed by atoms with Crippen LogP contribution in [-0.4, -0.2) is 24.0 Å². The molecule has 0 saturated heterocycles. The largest absolute Gasteiger partial charge is 0.357 e. The van der Waals surface area contributed by atoms with Crippen molar-refractivity contribution in [3.05, 3.63) is 49.6 Å². The van der Waals surface area contributed by atoms with E-state index in [2.05, 4.69) is 43.5 Å². The van der Waals surface area contributed by atoms with Gasteiger partial charge >= 0.3 is 0 Å². The van der Waals surface area contributed by atoms with Crippen LogP contribution in [0.5, 0.6) is 0 Å². The number of guanidine groups is 1. The number of aromatic nitrogens is 1. The van der Waals surface area contributed by atoms with Gasteiger partial charge < -0.3 is 10.6 Å². The third-order valence-corrected chi connectivity index (χ3v) is 5.23. The first-order valence-electron chi connectivity index (χ1n) is 7.88. The van der Waals surface area contributed by atoms with Crippen molar-refractivity contribution in [3.63, 3.8) is 0 Å². The molecule has 0 aliphatic carbocycles. The third kappa shape index (κ3) is 7.18. The van der Waals surface area contributed by atoms with Crippen molar-refractivity contribution in [2.75, 3.05) is 13.1 Å². The molecule has 0 radical (unpaired) electrons. The lowest BCUT2D eigenvalue weighted by Gasteiger charge is -2.10. The lowest BCUT2D eigenvalue weighted by atomic mass is 10.2. The zero-order valence-corrected chi connectivity index (χ0v) is 19.3. The SMILES string of the molecule is CCNC(=NCc1ccc(Br)c(F)c1)NCCc1nc(C)c(C)s1.I. The highest BCUT2D eigenvalue weighted by Gasteiger charge is 2.05. The fourth-order valence-corrected chi connectivity index (χ4v) is 3.26. The molecule has 2 N–H and O–H groups in total. The lowest BCUT2D eigenvalue weighted by molar-refractivity contribution is 0.618. The highest BCUT2D eigenvalue weighted by Crippen LogP contribution is 2.17. The van der Waals surface area contributed by atoms with Gasteiger partial charge in [0.25, 0.3) is 0 Å². The summed E-state index contributed by atoms with van der Waals surface area (Å²) in [7, 11) is 0. The van der Waals surface area contributed by atoms with Crippen molar-refractivity contribution in [3.8, 4) is 0 Å². The maximum Gasteiger partial charge on any atom is 0.191 e. The van der Waals surface area contributed by atoms with E-state index in [0.717, 1.165) is 41.7 Å². The van der Waals surface area contributed by atoms with Crippen LogP contribution in [-0.2, 0) is 13.0 Å². The van der Waals surface area contributed by atoms with Crippen LogP contribution in [0.2, 0.25) is 0 Å². The second kappa shape index (κ2) is 11.1. The number of nitrogens with zero attached hydrogens (tertiary/aromatic N) is 2. The Bertz CT molecular complexity index is 701. The minimum Gasteiger partial charge on any atom is -0.357 e. The van der Waals surface area contributed by atoms with Crippen molar-refractivity contribution >= 4 is 57.2 Å². The van der Waals surface area contributed by atoms with Crippen molar-refractivity contribution < 1.29 is 4.39 Å². The molecule has 0 atom stereocenters. The highest BCUT2D eigenvalue weighted by molar-refractivity contribution is 14.0. The van der Waals surface area contributed by atoms with Crippen molar-refractivity contribution in [2.24, 2.45) is 4.99 Å². The monoisotopic (exact) mass is 540 g/mol. The maximum atomic E-state index is 13.5. The summed E-state index contributed by atoms with van der Waals surface area (Å²) in [6.07, 6.45) is 0.858. The second-order valence-corrected chi connectivity index (χ2v) is 7.51. The van der Waals surface area contributed by atoms with Crippen LogP contribution in [0.1, 0.15) is 28.1 Å². The zero-order valence-electron chi connectivity index (χ0n) is 14.5. The van der Waals surface area contributed by atoms with Gasteiger partial charge in [0.15, 0.2) is 5.96 Å². The summed E-state index contributed by atoms with van der Waals surface area (Å²) in [6.45, 7) is 8.10. The second-order valence-electron chi connectivity index (χ2n) is 5.37. The molecule has 1 aromatic heterocycles. The zero-order chi connectivity index (χ0) is 17.5. The predicted molar refractivity (Wildman–Crippen MR) is 118 cm³/mol. The number of aryl methyl sites for hydroxylation is 2. The van der Waals surface area contributed by atoms with Gasteiger partial charge in [-0.3, -0.25) is 0 Å². The molecule has 2 rings (SSSR count). The minimum atomic E-state index is -0.268. The summed E-state index contributed by atoms with van der Waals surface area (Å²) in [4.78, 5) is 10.3. The molecule has 0 unspecified atom stereocenters. The topological polar surface area (TPSA) is 49.3 Å². The van der Waals surface area contributed by atoms with Crippen molar-refractivity contribution in [1.82, 2.24) is 15.6 Å². The molecule has 0 fully saturated rings. The standard InChI is InChI=1S/C17H22BrFN4S.HI/c1-4-20-17(21-8-7-16-23-11(2)12(3)24-16)22-10-13-5-6-14(18)15(19)9-13;/h5-6,9H,4,7-8,10H2,1-3H3,(H2,20,21,22);1H. The van der Waals surface area contributed by atoms with E-state index in [1.54, 1.807) is 17.4 Å². The van der Waals surface area contributed by atoms with Gasteiger partial charge in [-0.25, -0.2) is 14.4 Å². The van der Waals surface area contributed by atoms with E-state index in [0.29, 0.717) is 11.0 Å². The number of halogens is 3. The van der Waals surface area contributed by atoms with Gasteiger partial charge in [-0.15, -0.1) is 35.3 Å². The number of nitrogens with one attached hydrogen (secondary N) is 2. The highest BCUT2D eigenvalue weighted by atomic mass is 127. The summed E-state index contributed by atoms with van der Waals surface area (Å²) >= 11 is 4.89. The molecule has 4 nitrogen and oxygen atoms in total. The normalized spacial score (nSPS) is 11.2. The van der Waals surface area contributed by atoms with Gasteiger partial charge in [-0.2, -0.15) is 0 Å². The molecule has 138 valence electrons. The molecule has 0 saturated carbocycles. The average molecular weight is 541 g/mol. The molecule has 0 bridgehead atoms. The van der Waals surface area contributed by atoms with Gasteiger partial charge in [0, 0.05) is 24.4 Å². The molecule has 0 amide bonds. The van der Waals surface area contributed by atoms with Gasteiger partial charge in [-0.05, 0) is 54.4 Å². The Morgan fingerprint density at radius 3 is 2.68 bits per heavy atom. The van der Waals surface area contributed by atoms with E-state index in [9.17, 15) is 4.39 Å². The van der Waals surface area contributed by atoms with E-state index in [-0.39, 0.29) is 29.8 Å². The Labute approximate surface area is 177 Å². The fourth-order valence-electron chi connectivity index (χ4n) is 2.08. The van der Waals surface area contributed by atoms with Gasteiger partial charge in [0.05, 0.1) is 21.7 Å². The van der Waals surface area contributed by atoms with Gasteiger partial charge in [-0.1, -0.05) is 6.07 Å². The number of benzene rings is 1. The average Bonchev–Trinajstić information content (AvgIpc) is 2.86. The first-order valence-corrected chi connectivity index (χ1v) is 9.49. The molecule has 8 heteroatoms. The summed E-state index contributed by atoms with van der Waals surface area (Å²) in [5.41, 5.74) is 1.94. The van der Waals surface area contributed by atoms with Crippen LogP contribution < -0.4 is 10.6 Å². The Balaban J connectivity index is 0.00000312. The van der Waals surface area contributed by atoms with Crippen molar-refractivity contribution in [2.45, 2.75) is 33.7 Å². The molecule has 0 aliphatic heterocycles. The first kappa shape index (κ1) is 22.3. The summed E-state index contributed by atoms with van der Waals surface area (Å²) < 4.78 is 14.0. The molecule has 25 heavy (non-hydrogen) atoms. The molecule has 1 aromatic carbocycles. The number of rotatable bonds is 6. The first-order chi connectivity index (χ1) is 11.5. The molecule has 1 heterocycles. The van der Waals surface area contributed by atoms with Gasteiger partial charge in [0.1, 0.15) is 5.82 Å². The molecule has 0 spiro atoms. The summed E-state index contributed by atoms with van der Waals surface area (Å²) in [5, 5.41) is 7.63. The number of aliphatic imine (C=N–C) groups is 1. The summed E-state index contributed by atoms with van der Waals surface area (Å²) in [6, 6.07) is 5.06. The fraction of sp³-hybridized carbons (Fsp3) is 0.412. The number of thiazole rings is 1.